The Hall–Kier alpha value is -5.54. The van der Waals surface area contributed by atoms with Gasteiger partial charge in [-0.1, -0.05) is 0 Å². The average Bonchev–Trinajstić information content (AvgIpc) is 1.52. The molecule has 14 aliphatic rings. The van der Waals surface area contributed by atoms with E-state index in [4.69, 9.17) is 18.9 Å². The number of fused-ring (bicyclic) bond motifs is 12. The van der Waals surface area contributed by atoms with Crippen LogP contribution in [0.3, 0.4) is 0 Å². The van der Waals surface area contributed by atoms with Gasteiger partial charge in [-0.15, -0.1) is 0 Å². The van der Waals surface area contributed by atoms with Crippen LogP contribution in [0.5, 0.6) is 0 Å². The van der Waals surface area contributed by atoms with E-state index in [0.29, 0.717) is 0 Å². The first kappa shape index (κ1) is 65.5. The first-order valence-electron chi connectivity index (χ1n) is 37.0. The van der Waals surface area contributed by atoms with Crippen LogP contribution < -0.4 is 0 Å². The Morgan fingerprint density at radius 3 is 0.788 bits per heavy atom. The summed E-state index contributed by atoms with van der Waals surface area (Å²) in [5.41, 5.74) is 31.3. The average molecular weight is 1460 g/mol. The number of rotatable bonds is 8. The van der Waals surface area contributed by atoms with Gasteiger partial charge in [-0.2, -0.15) is 0 Å². The molecule has 12 aliphatic carbocycles. The molecule has 2 aliphatic heterocycles. The molecule has 5 spiro atoms. The van der Waals surface area contributed by atoms with E-state index in [9.17, 15) is 17.0 Å². The molecule has 12 atom stereocenters. The first-order chi connectivity index (χ1) is 47.4. The predicted molar refractivity (Wildman–Crippen MR) is 412 cm³/mol. The zero-order valence-electron chi connectivity index (χ0n) is 60.5. The van der Waals surface area contributed by atoms with Gasteiger partial charge < -0.3 is 0 Å². The van der Waals surface area contributed by atoms with Gasteiger partial charge in [0.15, 0.2) is 0 Å². The topological polar surface area (TPSA) is 36.9 Å². The van der Waals surface area contributed by atoms with E-state index >= 15 is 0 Å². The van der Waals surface area contributed by atoms with Crippen LogP contribution in [0.15, 0.2) is 261 Å². The second kappa shape index (κ2) is 21.1. The van der Waals surface area contributed by atoms with E-state index in [-0.39, 0.29) is 46.1 Å². The van der Waals surface area contributed by atoms with E-state index < -0.39 is 43.5 Å². The normalized spacial score (nSPS) is 38.6. The number of methoxy groups -OCH3 is 4. The third-order valence-corrected chi connectivity index (χ3v) is 116. The predicted octanol–water partition coefficient (Wildman–Crippen LogP) is 21.9. The second-order valence-electron chi connectivity index (χ2n) is 33.3. The van der Waals surface area contributed by atoms with Gasteiger partial charge in [0, 0.05) is 0 Å². The van der Waals surface area contributed by atoms with Gasteiger partial charge in [0.2, 0.25) is 0 Å². The molecule has 9 heteroatoms. The van der Waals surface area contributed by atoms with Gasteiger partial charge in [-0.25, -0.2) is 0 Å². The van der Waals surface area contributed by atoms with Crippen molar-refractivity contribution in [1.29, 1.82) is 0 Å². The summed E-state index contributed by atoms with van der Waals surface area (Å²) in [4.78, 5) is 0. The van der Waals surface area contributed by atoms with Crippen LogP contribution in [0.25, 0.3) is 0 Å². The molecule has 0 aromatic heterocycles. The number of ether oxygens (including phenoxy) is 4. The Morgan fingerprint density at radius 1 is 0.354 bits per heavy atom. The van der Waals surface area contributed by atoms with Crippen molar-refractivity contribution in [3.05, 3.63) is 328 Å². The van der Waals surface area contributed by atoms with Crippen LogP contribution in [0.4, 0.5) is 0 Å². The fraction of sp³-hybridized carbons (Fsp3) is 0.378. The summed E-state index contributed by atoms with van der Waals surface area (Å²) >= 11 is -7.72. The summed E-state index contributed by atoms with van der Waals surface area (Å²) in [7, 11) is 25.6. The third kappa shape index (κ3) is 6.93. The number of halogens is 2. The van der Waals surface area contributed by atoms with Crippen molar-refractivity contribution in [2.24, 2.45) is 0 Å². The van der Waals surface area contributed by atoms with Crippen LogP contribution in [-0.2, 0) is 81.9 Å². The van der Waals surface area contributed by atoms with Crippen molar-refractivity contribution in [3.8, 4) is 0 Å². The van der Waals surface area contributed by atoms with E-state index in [0.717, 1.165) is 51.4 Å². The molecule has 2 fully saturated rings. The van der Waals surface area contributed by atoms with Gasteiger partial charge in [0.05, 0.1) is 0 Å². The van der Waals surface area contributed by atoms with Crippen molar-refractivity contribution >= 4 is 34.6 Å². The maximum absolute atomic E-state index is 11.6. The number of aryl methyl sites for hydroxylation is 4. The van der Waals surface area contributed by atoms with Gasteiger partial charge in [0.25, 0.3) is 0 Å². The van der Waals surface area contributed by atoms with Crippen molar-refractivity contribution in [2.75, 3.05) is 28.4 Å². The Kier molecular flexibility index (Phi) is 14.0. The standard InChI is InChI=1S/2C45H48O2Si.2ClH.Zr/c2*1-28-24-38-34(30-16-18-40-32(26-30)20-22-44(40,3)46-5)12-8-10-14-36(38)42(28)48(7)43-29(2)25-39-35(13-9-11-15-37(39)43)31-17-19-41-33(27-31)21-23-45(41,4)47-6;;;/h2*8-19,24-27,34-35,48H,20-23H2,1-7H3;2*1H;/q;;;;+2/p-2. The molecule has 18 rings (SSSR count). The van der Waals surface area contributed by atoms with Crippen molar-refractivity contribution < 1.29 is 33.9 Å². The molecular weight excluding hydrogens is 1360 g/mol. The van der Waals surface area contributed by atoms with Crippen LogP contribution in [0, 0.1) is 0 Å². The number of allylic oxidation sites excluding steroid dienone is 32. The molecule has 0 N–H and O–H groups in total. The second-order valence-corrected chi connectivity index (χ2v) is 73.2. The van der Waals surface area contributed by atoms with E-state index in [1.54, 1.807) is 0 Å². The Morgan fingerprint density at radius 2 is 0.576 bits per heavy atom. The zero-order chi connectivity index (χ0) is 68.8. The summed E-state index contributed by atoms with van der Waals surface area (Å²) in [5.74, 6) is -0.188. The van der Waals surface area contributed by atoms with Crippen LogP contribution >= 0.6 is 17.0 Å². The molecule has 0 amide bonds. The van der Waals surface area contributed by atoms with Crippen LogP contribution in [-0.4, -0.2) is 46.0 Å². The molecule has 4 nitrogen and oxygen atoms in total. The minimum atomic E-state index is -7.72. The van der Waals surface area contributed by atoms with Crippen LogP contribution in [0.2, 0.25) is 24.1 Å². The molecule has 506 valence electrons. The molecule has 12 unspecified atom stereocenters. The monoisotopic (exact) mass is 1460 g/mol. The van der Waals surface area contributed by atoms with Crippen molar-refractivity contribution in [2.45, 2.75) is 177 Å². The molecule has 0 radical (unpaired) electrons. The summed E-state index contributed by atoms with van der Waals surface area (Å²) in [6, 6.07) is 29.4. The van der Waals surface area contributed by atoms with Gasteiger partial charge in [-0.3, -0.25) is 0 Å². The van der Waals surface area contributed by atoms with Crippen molar-refractivity contribution in [3.63, 3.8) is 0 Å². The molecule has 4 aromatic carbocycles. The van der Waals surface area contributed by atoms with Crippen LogP contribution in [0.1, 0.15) is 172 Å². The number of hydrogen-bond acceptors (Lipinski definition) is 4. The minimum absolute atomic E-state index is 0.0469. The maximum atomic E-state index is 11.6. The molecular formula is C90H96Cl2O4Si2Zr. The number of hydrogen-bond donors (Lipinski definition) is 0. The zero-order valence-corrected chi connectivity index (χ0v) is 66.8. The molecule has 2 heterocycles. The Labute approximate surface area is 596 Å². The first-order valence-corrected chi connectivity index (χ1v) is 52.9. The molecule has 0 saturated carbocycles. The molecule has 99 heavy (non-hydrogen) atoms. The fourth-order valence-electron chi connectivity index (χ4n) is 26.9. The van der Waals surface area contributed by atoms with E-state index in [1.165, 1.54) is 134 Å². The number of benzene rings is 4. The van der Waals surface area contributed by atoms with Crippen molar-refractivity contribution in [1.82, 2.24) is 0 Å². The Bertz CT molecular complexity index is 4370. The Balaban J connectivity index is 0.979. The summed E-state index contributed by atoms with van der Waals surface area (Å²) in [6.45, 7) is 24.8. The third-order valence-electron chi connectivity index (χ3n) is 30.6. The van der Waals surface area contributed by atoms with Gasteiger partial charge >= 0.3 is 602 Å². The van der Waals surface area contributed by atoms with Gasteiger partial charge in [-0.05, 0) is 0 Å². The summed E-state index contributed by atoms with van der Waals surface area (Å²) < 4.78 is 22.3. The quantitative estimate of drug-likeness (QED) is 0.165. The van der Waals surface area contributed by atoms with E-state index in [1.807, 2.05) is 28.4 Å². The SMILES string of the molecule is COC1(C)CCc2cc(C3C=CC=CC4=C3C=C(C)[C]43[SiH](C)[C]4(C(C)=CC5=C4C=CC=CC5c4ccc5c(c4)CCC5(C)OC)[Zr]34([Cl])([Cl])[C]3(C(C)=CC5=C3C=CC=CC5c3ccc5c(c3)CCC5(C)OC)[SiH](C)[C]43C(C)=CC4=C3C=CC=CC4c3ccc4c(c3)CCC4(C)OC)ccc21. The summed E-state index contributed by atoms with van der Waals surface area (Å²) in [5, 5.41) is 0. The molecule has 4 aromatic rings. The molecule has 2 saturated heterocycles. The molecule has 0 bridgehead atoms. The summed E-state index contributed by atoms with van der Waals surface area (Å²) in [6.07, 6.45) is 57.9. The fourth-order valence-corrected chi connectivity index (χ4v) is 151. The van der Waals surface area contributed by atoms with E-state index in [2.05, 4.69) is 263 Å². The van der Waals surface area contributed by atoms with Gasteiger partial charge in [0.1, 0.15) is 0 Å².